The van der Waals surface area contributed by atoms with Gasteiger partial charge in [-0.25, -0.2) is 0 Å². The van der Waals surface area contributed by atoms with Crippen LogP contribution in [0.1, 0.15) is 56.6 Å². The van der Waals surface area contributed by atoms with Crippen LogP contribution in [0, 0.1) is 23.2 Å². The lowest BCUT2D eigenvalue weighted by atomic mass is 9.52. The molecule has 1 unspecified atom stereocenters. The van der Waals surface area contributed by atoms with Gasteiger partial charge in [-0.3, -0.25) is 4.79 Å². The first-order valence-electron chi connectivity index (χ1n) is 9.37. The number of ketones is 1. The molecule has 0 aromatic heterocycles. The molecule has 3 aliphatic rings. The third-order valence-corrected chi connectivity index (χ3v) is 8.15. The van der Waals surface area contributed by atoms with Crippen LogP contribution in [0.15, 0.2) is 18.2 Å². The Balaban J connectivity index is 1.76. The number of methoxy groups -OCH3 is 1. The predicted octanol–water partition coefficient (Wildman–Crippen LogP) is 5.13. The van der Waals surface area contributed by atoms with Gasteiger partial charge in [0.25, 0.3) is 0 Å². The maximum Gasteiger partial charge on any atom is 0.152 e. The second-order valence-corrected chi connectivity index (χ2v) is 9.26. The van der Waals surface area contributed by atoms with E-state index in [1.807, 2.05) is 0 Å². The summed E-state index contributed by atoms with van der Waals surface area (Å²) in [4.78, 5) is 13.0. The number of halogens is 1. The van der Waals surface area contributed by atoms with Crippen molar-refractivity contribution in [2.75, 3.05) is 7.11 Å². The minimum Gasteiger partial charge on any atom is -0.497 e. The van der Waals surface area contributed by atoms with Gasteiger partial charge in [-0.05, 0) is 79.0 Å². The molecular formula is C21H27BrO2. The summed E-state index contributed by atoms with van der Waals surface area (Å²) in [6, 6.07) is 6.64. The van der Waals surface area contributed by atoms with E-state index in [1.165, 1.54) is 11.1 Å². The number of hydrogen-bond acceptors (Lipinski definition) is 2. The molecule has 2 nitrogen and oxygen atoms in total. The molecule has 6 atom stereocenters. The molecule has 0 spiro atoms. The van der Waals surface area contributed by atoms with Crippen molar-refractivity contribution in [3.05, 3.63) is 29.3 Å². The third-order valence-electron chi connectivity index (χ3n) is 7.36. The van der Waals surface area contributed by atoms with Gasteiger partial charge in [-0.2, -0.15) is 0 Å². The first-order chi connectivity index (χ1) is 11.5. The summed E-state index contributed by atoms with van der Waals surface area (Å²) >= 11 is 3.69. The maximum absolute atomic E-state index is 12.9. The lowest BCUT2D eigenvalue weighted by Crippen LogP contribution is -2.46. The lowest BCUT2D eigenvalue weighted by molar-refractivity contribution is -0.131. The van der Waals surface area contributed by atoms with E-state index in [9.17, 15) is 4.79 Å². The summed E-state index contributed by atoms with van der Waals surface area (Å²) < 4.78 is 5.43. The van der Waals surface area contributed by atoms with Gasteiger partial charge in [0, 0.05) is 5.41 Å². The Labute approximate surface area is 153 Å². The monoisotopic (exact) mass is 390 g/mol. The van der Waals surface area contributed by atoms with Gasteiger partial charge in [0.15, 0.2) is 5.78 Å². The number of fused-ring (bicyclic) bond motifs is 5. The number of rotatable bonds is 2. The molecule has 2 saturated carbocycles. The zero-order valence-electron chi connectivity index (χ0n) is 14.8. The number of Topliss-reactive ketones (excluding diaryl/α,β-unsaturated/α-hetero) is 1. The Hall–Kier alpha value is -0.830. The normalized spacial score (nSPS) is 40.7. The Morgan fingerprint density at radius 2 is 2.17 bits per heavy atom. The molecule has 0 N–H and O–H groups in total. The van der Waals surface area contributed by atoms with Crippen LogP contribution in [0.4, 0.5) is 0 Å². The highest BCUT2D eigenvalue weighted by Crippen LogP contribution is 2.63. The molecule has 0 radical (unpaired) electrons. The second kappa shape index (κ2) is 5.86. The van der Waals surface area contributed by atoms with Crippen LogP contribution in [0.25, 0.3) is 0 Å². The van der Waals surface area contributed by atoms with Crippen LogP contribution >= 0.6 is 15.9 Å². The van der Waals surface area contributed by atoms with Crippen LogP contribution in [0.3, 0.4) is 0 Å². The Morgan fingerprint density at radius 3 is 2.88 bits per heavy atom. The lowest BCUT2D eigenvalue weighted by Gasteiger charge is -2.51. The van der Waals surface area contributed by atoms with Gasteiger partial charge in [0.05, 0.1) is 11.9 Å². The highest BCUT2D eigenvalue weighted by atomic mass is 79.9. The van der Waals surface area contributed by atoms with Crippen LogP contribution in [-0.2, 0) is 11.2 Å². The van der Waals surface area contributed by atoms with Gasteiger partial charge in [0.1, 0.15) is 5.75 Å². The molecule has 0 bridgehead atoms. The van der Waals surface area contributed by atoms with Gasteiger partial charge < -0.3 is 4.74 Å². The number of ether oxygens (including phenoxy) is 1. The molecule has 1 aromatic carbocycles. The van der Waals surface area contributed by atoms with E-state index >= 15 is 0 Å². The van der Waals surface area contributed by atoms with E-state index in [4.69, 9.17) is 4.74 Å². The fourth-order valence-corrected chi connectivity index (χ4v) is 7.13. The summed E-state index contributed by atoms with van der Waals surface area (Å²) in [5.41, 5.74) is 2.92. The predicted molar refractivity (Wildman–Crippen MR) is 99.9 cm³/mol. The molecule has 3 aliphatic carbocycles. The number of alkyl halides is 1. The highest BCUT2D eigenvalue weighted by Gasteiger charge is 2.60. The van der Waals surface area contributed by atoms with E-state index in [1.54, 1.807) is 7.11 Å². The number of benzene rings is 1. The van der Waals surface area contributed by atoms with Crippen molar-refractivity contribution in [2.45, 2.75) is 56.7 Å². The minimum absolute atomic E-state index is 0.0619. The van der Waals surface area contributed by atoms with Crippen LogP contribution in [0.5, 0.6) is 5.75 Å². The Bertz CT molecular complexity index is 670. The van der Waals surface area contributed by atoms with Gasteiger partial charge in [0.2, 0.25) is 0 Å². The second-order valence-electron chi connectivity index (χ2n) is 8.15. The fourth-order valence-electron chi connectivity index (χ4n) is 6.27. The molecule has 1 aromatic rings. The molecule has 0 heterocycles. The molecule has 0 amide bonds. The molecule has 24 heavy (non-hydrogen) atoms. The van der Waals surface area contributed by atoms with Crippen molar-refractivity contribution >= 4 is 21.7 Å². The van der Waals surface area contributed by atoms with E-state index in [0.29, 0.717) is 29.5 Å². The fraction of sp³-hybridized carbons (Fsp3) is 0.667. The summed E-state index contributed by atoms with van der Waals surface area (Å²) in [6.45, 7) is 4.63. The van der Waals surface area contributed by atoms with E-state index in [-0.39, 0.29) is 10.2 Å². The zero-order chi connectivity index (χ0) is 17.1. The molecule has 2 fully saturated rings. The molecule has 3 heteroatoms. The SMILES string of the molecule is CCC12CC[C@@H]3c4ccc(OC)cc4C[C@@H](C)[C@H]3[C@@H]1C[C@@H](Br)C2=O. The standard InChI is InChI=1S/C21H27BrO2/c1-4-21-8-7-16-15-6-5-14(24-3)10-13(15)9-12(2)19(16)17(21)11-18(22)20(21)23/h5-6,10,12,16-19H,4,7-9,11H2,1-3H3/t12-,16-,17+,18-,19-,21?/m1/s1. The smallest absolute Gasteiger partial charge is 0.152 e. The maximum atomic E-state index is 12.9. The molecule has 130 valence electrons. The largest absolute Gasteiger partial charge is 0.497 e. The third kappa shape index (κ3) is 2.16. The first kappa shape index (κ1) is 16.6. The number of carbonyl (C=O) groups excluding carboxylic acids is 1. The summed E-state index contributed by atoms with van der Waals surface area (Å²) in [5, 5.41) is 0. The van der Waals surface area contributed by atoms with Crippen molar-refractivity contribution in [1.29, 1.82) is 0 Å². The summed E-state index contributed by atoms with van der Waals surface area (Å²) in [5.74, 6) is 3.90. The zero-order valence-corrected chi connectivity index (χ0v) is 16.4. The van der Waals surface area contributed by atoms with Crippen molar-refractivity contribution in [2.24, 2.45) is 23.2 Å². The number of carbonyl (C=O) groups is 1. The molecule has 4 rings (SSSR count). The van der Waals surface area contributed by atoms with Crippen LogP contribution in [-0.4, -0.2) is 17.7 Å². The summed E-state index contributed by atoms with van der Waals surface area (Å²) in [6.07, 6.45) is 5.37. The average Bonchev–Trinajstić information content (AvgIpc) is 2.85. The van der Waals surface area contributed by atoms with Crippen molar-refractivity contribution < 1.29 is 9.53 Å². The van der Waals surface area contributed by atoms with E-state index in [0.717, 1.165) is 37.9 Å². The highest BCUT2D eigenvalue weighted by molar-refractivity contribution is 9.10. The van der Waals surface area contributed by atoms with Crippen molar-refractivity contribution in [3.63, 3.8) is 0 Å². The van der Waals surface area contributed by atoms with Gasteiger partial charge >= 0.3 is 0 Å². The van der Waals surface area contributed by atoms with Gasteiger partial charge in [-0.1, -0.05) is 35.8 Å². The minimum atomic E-state index is -0.0619. The Morgan fingerprint density at radius 1 is 1.38 bits per heavy atom. The molecule has 0 aliphatic heterocycles. The van der Waals surface area contributed by atoms with Crippen molar-refractivity contribution in [3.8, 4) is 5.75 Å². The van der Waals surface area contributed by atoms with Crippen molar-refractivity contribution in [1.82, 2.24) is 0 Å². The molecular weight excluding hydrogens is 364 g/mol. The average molecular weight is 391 g/mol. The molecule has 0 saturated heterocycles. The quantitative estimate of drug-likeness (QED) is 0.654. The van der Waals surface area contributed by atoms with Gasteiger partial charge in [-0.15, -0.1) is 0 Å². The van der Waals surface area contributed by atoms with Crippen LogP contribution in [0.2, 0.25) is 0 Å². The first-order valence-corrected chi connectivity index (χ1v) is 10.3. The van der Waals surface area contributed by atoms with Crippen LogP contribution < -0.4 is 4.74 Å². The van der Waals surface area contributed by atoms with E-state index < -0.39 is 0 Å². The topological polar surface area (TPSA) is 26.3 Å². The van der Waals surface area contributed by atoms with E-state index in [2.05, 4.69) is 48.0 Å². The summed E-state index contributed by atoms with van der Waals surface area (Å²) in [7, 11) is 1.74. The Kier molecular flexibility index (Phi) is 4.06. The number of hydrogen-bond donors (Lipinski definition) is 0.